The molecular formula is C18H28N2O4. The van der Waals surface area contributed by atoms with Crippen LogP contribution >= 0.6 is 0 Å². The van der Waals surface area contributed by atoms with Crippen molar-refractivity contribution < 1.29 is 19.2 Å². The maximum atomic E-state index is 12.2. The van der Waals surface area contributed by atoms with Gasteiger partial charge in [0.15, 0.2) is 11.6 Å². The van der Waals surface area contributed by atoms with Crippen LogP contribution in [0.4, 0.5) is 5.82 Å². The zero-order valence-corrected chi connectivity index (χ0v) is 14.8. The van der Waals surface area contributed by atoms with Crippen molar-refractivity contribution in [3.8, 4) is 0 Å². The van der Waals surface area contributed by atoms with E-state index in [0.717, 1.165) is 44.6 Å². The number of nitrogens with zero attached hydrogens (tertiary/aromatic N) is 2. The molecule has 2 fully saturated rings. The van der Waals surface area contributed by atoms with Crippen LogP contribution in [0.1, 0.15) is 58.1 Å². The number of esters is 1. The van der Waals surface area contributed by atoms with E-state index in [-0.39, 0.29) is 18.0 Å². The van der Waals surface area contributed by atoms with Crippen LogP contribution in [-0.2, 0) is 9.53 Å². The van der Waals surface area contributed by atoms with Crippen LogP contribution in [0.15, 0.2) is 10.6 Å². The fraction of sp³-hybridized carbons (Fsp3) is 0.778. The Morgan fingerprint density at radius 2 is 2.12 bits per heavy atom. The van der Waals surface area contributed by atoms with Gasteiger partial charge in [-0.2, -0.15) is 0 Å². The Hall–Kier alpha value is -1.56. The van der Waals surface area contributed by atoms with Gasteiger partial charge in [-0.1, -0.05) is 19.0 Å². The van der Waals surface area contributed by atoms with Gasteiger partial charge in [0.05, 0.1) is 12.7 Å². The molecule has 0 aromatic carbocycles. The van der Waals surface area contributed by atoms with Gasteiger partial charge < -0.3 is 19.3 Å². The third kappa shape index (κ3) is 3.29. The summed E-state index contributed by atoms with van der Waals surface area (Å²) in [6, 6.07) is 1.88. The summed E-state index contributed by atoms with van der Waals surface area (Å²) in [5, 5.41) is 13.8. The van der Waals surface area contributed by atoms with E-state index < -0.39 is 5.92 Å². The first kappa shape index (κ1) is 17.3. The zero-order chi connectivity index (χ0) is 17.3. The van der Waals surface area contributed by atoms with Crippen LogP contribution in [0.5, 0.6) is 0 Å². The van der Waals surface area contributed by atoms with Gasteiger partial charge in [-0.15, -0.1) is 0 Å². The molecule has 1 saturated carbocycles. The minimum atomic E-state index is -0.411. The van der Waals surface area contributed by atoms with Crippen LogP contribution in [0, 0.1) is 11.3 Å². The van der Waals surface area contributed by atoms with E-state index >= 15 is 0 Å². The van der Waals surface area contributed by atoms with Crippen molar-refractivity contribution in [3.63, 3.8) is 0 Å². The molecule has 24 heavy (non-hydrogen) atoms. The number of anilines is 1. The fourth-order valence-corrected chi connectivity index (χ4v) is 3.98. The molecule has 1 N–H and O–H groups in total. The highest BCUT2D eigenvalue weighted by molar-refractivity contribution is 5.78. The van der Waals surface area contributed by atoms with Crippen LogP contribution in [-0.4, -0.2) is 42.0 Å². The van der Waals surface area contributed by atoms with Gasteiger partial charge in [0, 0.05) is 24.6 Å². The molecule has 1 aliphatic heterocycles. The molecule has 1 aromatic heterocycles. The number of aliphatic hydroxyl groups is 1. The number of aromatic nitrogens is 1. The van der Waals surface area contributed by atoms with Gasteiger partial charge >= 0.3 is 5.97 Å². The third-order valence-electron chi connectivity index (χ3n) is 5.42. The lowest BCUT2D eigenvalue weighted by atomic mass is 9.68. The molecule has 3 rings (SSSR count). The topological polar surface area (TPSA) is 75.8 Å². The highest BCUT2D eigenvalue weighted by atomic mass is 16.5. The summed E-state index contributed by atoms with van der Waals surface area (Å²) in [5.41, 5.74) is 0.330. The Bertz CT molecular complexity index is 567. The second-order valence-electron chi connectivity index (χ2n) is 7.65. The molecular weight excluding hydrogens is 308 g/mol. The van der Waals surface area contributed by atoms with Crippen molar-refractivity contribution in [2.45, 2.75) is 58.5 Å². The molecule has 1 atom stereocenters. The standard InChI is InChI=1S/C18H28N2O4/c1-4-23-17(22)16(12(2)3)14-9-15(19-24-14)20-10-18(11-20)7-5-13(21)6-8-18/h9,12-13,16,21H,4-8,10-11H2,1-3H3. The Kier molecular flexibility index (Phi) is 4.85. The second kappa shape index (κ2) is 6.75. The van der Waals surface area contributed by atoms with Gasteiger partial charge in [-0.05, 0) is 38.5 Å². The largest absolute Gasteiger partial charge is 0.465 e. The van der Waals surface area contributed by atoms with E-state index in [1.165, 1.54) is 0 Å². The molecule has 2 heterocycles. The molecule has 134 valence electrons. The first-order chi connectivity index (χ1) is 11.4. The normalized spacial score (nSPS) is 21.8. The average molecular weight is 336 g/mol. The summed E-state index contributed by atoms with van der Waals surface area (Å²) in [4.78, 5) is 14.4. The summed E-state index contributed by atoms with van der Waals surface area (Å²) in [6.45, 7) is 8.05. The van der Waals surface area contributed by atoms with Gasteiger partial charge in [0.25, 0.3) is 0 Å². The first-order valence-electron chi connectivity index (χ1n) is 9.00. The van der Waals surface area contributed by atoms with Crippen LogP contribution in [0.2, 0.25) is 0 Å². The van der Waals surface area contributed by atoms with Gasteiger partial charge in [0.1, 0.15) is 5.92 Å². The zero-order valence-electron chi connectivity index (χ0n) is 14.8. The number of ether oxygens (including phenoxy) is 1. The van der Waals surface area contributed by atoms with Crippen LogP contribution in [0.3, 0.4) is 0 Å². The van der Waals surface area contributed by atoms with Crippen molar-refractivity contribution >= 4 is 11.8 Å². The molecule has 6 nitrogen and oxygen atoms in total. The molecule has 1 spiro atoms. The number of carbonyl (C=O) groups is 1. The number of hydrogen-bond donors (Lipinski definition) is 1. The Morgan fingerprint density at radius 3 is 2.71 bits per heavy atom. The van der Waals surface area contributed by atoms with Gasteiger partial charge in [0.2, 0.25) is 0 Å². The summed E-state index contributed by atoms with van der Waals surface area (Å²) >= 11 is 0. The first-order valence-corrected chi connectivity index (χ1v) is 9.00. The van der Waals surface area contributed by atoms with Crippen LogP contribution < -0.4 is 4.90 Å². The minimum absolute atomic E-state index is 0.0902. The van der Waals surface area contributed by atoms with Crippen molar-refractivity contribution in [2.24, 2.45) is 11.3 Å². The second-order valence-corrected chi connectivity index (χ2v) is 7.65. The summed E-state index contributed by atoms with van der Waals surface area (Å²) in [6.07, 6.45) is 3.83. The van der Waals surface area contributed by atoms with Gasteiger partial charge in [-0.3, -0.25) is 4.79 Å². The van der Waals surface area contributed by atoms with E-state index in [2.05, 4.69) is 10.1 Å². The summed E-state index contributed by atoms with van der Waals surface area (Å²) in [7, 11) is 0. The molecule has 0 amide bonds. The minimum Gasteiger partial charge on any atom is -0.465 e. The molecule has 2 aliphatic rings. The highest BCUT2D eigenvalue weighted by Gasteiger charge is 2.46. The maximum Gasteiger partial charge on any atom is 0.317 e. The lowest BCUT2D eigenvalue weighted by Gasteiger charge is -2.53. The van der Waals surface area contributed by atoms with Crippen molar-refractivity contribution in [1.29, 1.82) is 0 Å². The third-order valence-corrected chi connectivity index (χ3v) is 5.42. The highest BCUT2D eigenvalue weighted by Crippen LogP contribution is 2.45. The molecule has 1 unspecified atom stereocenters. The Labute approximate surface area is 143 Å². The summed E-state index contributed by atoms with van der Waals surface area (Å²) in [5.74, 6) is 0.811. The number of rotatable bonds is 5. The van der Waals surface area contributed by atoms with Crippen molar-refractivity contribution in [1.82, 2.24) is 5.16 Å². The molecule has 1 aromatic rings. The van der Waals surface area contributed by atoms with E-state index in [4.69, 9.17) is 9.26 Å². The quantitative estimate of drug-likeness (QED) is 0.833. The van der Waals surface area contributed by atoms with Crippen molar-refractivity contribution in [3.05, 3.63) is 11.8 Å². The number of hydrogen-bond acceptors (Lipinski definition) is 6. The number of carbonyl (C=O) groups excluding carboxylic acids is 1. The van der Waals surface area contributed by atoms with E-state index in [1.54, 1.807) is 0 Å². The lowest BCUT2D eigenvalue weighted by Crippen LogP contribution is -2.58. The SMILES string of the molecule is CCOC(=O)C(c1cc(N2CC3(CCC(O)CC3)C2)no1)C(C)C. The van der Waals surface area contributed by atoms with Gasteiger partial charge in [-0.25, -0.2) is 0 Å². The molecule has 0 radical (unpaired) electrons. The van der Waals surface area contributed by atoms with Crippen molar-refractivity contribution in [2.75, 3.05) is 24.6 Å². The molecule has 0 bridgehead atoms. The molecule has 6 heteroatoms. The predicted octanol–water partition coefficient (Wildman–Crippen LogP) is 2.72. The smallest absolute Gasteiger partial charge is 0.317 e. The monoisotopic (exact) mass is 336 g/mol. The summed E-state index contributed by atoms with van der Waals surface area (Å²) < 4.78 is 10.6. The lowest BCUT2D eigenvalue weighted by molar-refractivity contribution is -0.146. The van der Waals surface area contributed by atoms with E-state index in [0.29, 0.717) is 17.8 Å². The fourth-order valence-electron chi connectivity index (χ4n) is 3.98. The Morgan fingerprint density at radius 1 is 1.46 bits per heavy atom. The molecule has 1 saturated heterocycles. The van der Waals surface area contributed by atoms with Crippen LogP contribution in [0.25, 0.3) is 0 Å². The predicted molar refractivity (Wildman–Crippen MR) is 89.8 cm³/mol. The molecule has 1 aliphatic carbocycles. The maximum absolute atomic E-state index is 12.2. The van der Waals surface area contributed by atoms with E-state index in [1.807, 2.05) is 26.8 Å². The average Bonchev–Trinajstić information content (AvgIpc) is 2.95. The Balaban J connectivity index is 1.65. The van der Waals surface area contributed by atoms with E-state index in [9.17, 15) is 9.90 Å². The number of aliphatic hydroxyl groups excluding tert-OH is 1.